The smallest absolute Gasteiger partial charge is 0.341 e. The van der Waals surface area contributed by atoms with Crippen LogP contribution in [0, 0.1) is 5.92 Å². The van der Waals surface area contributed by atoms with Gasteiger partial charge in [0, 0.05) is 19.0 Å². The number of carbonyl (C=O) groups excluding carboxylic acids is 1. The minimum atomic E-state index is -0.429. The zero-order valence-corrected chi connectivity index (χ0v) is 16.4. The summed E-state index contributed by atoms with van der Waals surface area (Å²) in [6.45, 7) is 2.42. The highest BCUT2D eigenvalue weighted by atomic mass is 35.5. The minimum Gasteiger partial charge on any atom is -0.492 e. The number of esters is 1. The van der Waals surface area contributed by atoms with Crippen LogP contribution in [0.5, 0.6) is 5.75 Å². The molecule has 5 nitrogen and oxygen atoms in total. The molecule has 1 N–H and O–H groups in total. The van der Waals surface area contributed by atoms with Gasteiger partial charge in [0.15, 0.2) is 0 Å². The fourth-order valence-corrected chi connectivity index (χ4v) is 3.37. The van der Waals surface area contributed by atoms with Crippen LogP contribution in [0.3, 0.4) is 0 Å². The van der Waals surface area contributed by atoms with Crippen molar-refractivity contribution in [2.75, 3.05) is 33.4 Å². The summed E-state index contributed by atoms with van der Waals surface area (Å²) in [6, 6.07) is 12.5. The highest BCUT2D eigenvalue weighted by Crippen LogP contribution is 2.32. The predicted octanol–water partition coefficient (Wildman–Crippen LogP) is 4.14. The fraction of sp³-hybridized carbons (Fsp3) is 0.350. The molecule has 1 heterocycles. The molecule has 0 saturated carbocycles. The number of rotatable bonds is 5. The van der Waals surface area contributed by atoms with Gasteiger partial charge in [-0.1, -0.05) is 41.4 Å². The quantitative estimate of drug-likeness (QED) is 0.752. The van der Waals surface area contributed by atoms with Gasteiger partial charge in [-0.3, -0.25) is 0 Å². The first kappa shape index (κ1) is 20.0. The SMILES string of the molecule is COC(=O)c1ccccc1OCC1CNCCOC1c1ccc(Cl)c(Cl)c1. The van der Waals surface area contributed by atoms with E-state index in [1.54, 1.807) is 24.3 Å². The summed E-state index contributed by atoms with van der Waals surface area (Å²) in [5, 5.41) is 4.35. The van der Waals surface area contributed by atoms with Gasteiger partial charge in [-0.15, -0.1) is 0 Å². The van der Waals surface area contributed by atoms with Crippen molar-refractivity contribution in [2.24, 2.45) is 5.92 Å². The Kier molecular flexibility index (Phi) is 6.96. The zero-order valence-electron chi connectivity index (χ0n) is 14.9. The summed E-state index contributed by atoms with van der Waals surface area (Å²) in [5.74, 6) is 0.0822. The van der Waals surface area contributed by atoms with E-state index in [-0.39, 0.29) is 12.0 Å². The van der Waals surface area contributed by atoms with Crippen LogP contribution in [0.4, 0.5) is 0 Å². The fourth-order valence-electron chi connectivity index (χ4n) is 3.06. The van der Waals surface area contributed by atoms with Crippen molar-refractivity contribution < 1.29 is 19.0 Å². The van der Waals surface area contributed by atoms with Crippen molar-refractivity contribution in [3.8, 4) is 5.75 Å². The summed E-state index contributed by atoms with van der Waals surface area (Å²) < 4.78 is 16.8. The molecular weight excluding hydrogens is 389 g/mol. The van der Waals surface area contributed by atoms with E-state index in [9.17, 15) is 4.79 Å². The third-order valence-electron chi connectivity index (χ3n) is 4.43. The first-order chi connectivity index (χ1) is 13.1. The van der Waals surface area contributed by atoms with Crippen LogP contribution >= 0.6 is 23.2 Å². The summed E-state index contributed by atoms with van der Waals surface area (Å²) in [5.41, 5.74) is 1.34. The van der Waals surface area contributed by atoms with Gasteiger partial charge < -0.3 is 19.5 Å². The molecule has 144 valence electrons. The van der Waals surface area contributed by atoms with Gasteiger partial charge in [-0.2, -0.15) is 0 Å². The van der Waals surface area contributed by atoms with E-state index in [0.29, 0.717) is 41.1 Å². The van der Waals surface area contributed by atoms with Crippen molar-refractivity contribution in [1.29, 1.82) is 0 Å². The van der Waals surface area contributed by atoms with Gasteiger partial charge in [0.25, 0.3) is 0 Å². The lowest BCUT2D eigenvalue weighted by Gasteiger charge is -2.26. The molecule has 0 bridgehead atoms. The van der Waals surface area contributed by atoms with E-state index in [0.717, 1.165) is 12.1 Å². The first-order valence-corrected chi connectivity index (χ1v) is 9.43. The minimum absolute atomic E-state index is 0.0236. The van der Waals surface area contributed by atoms with Crippen molar-refractivity contribution >= 4 is 29.2 Å². The van der Waals surface area contributed by atoms with E-state index in [2.05, 4.69) is 5.32 Å². The van der Waals surface area contributed by atoms with Gasteiger partial charge in [-0.25, -0.2) is 4.79 Å². The average Bonchev–Trinajstić information content (AvgIpc) is 2.93. The molecule has 1 aliphatic rings. The van der Waals surface area contributed by atoms with E-state index >= 15 is 0 Å². The molecular formula is C20H21Cl2NO4. The van der Waals surface area contributed by atoms with Crippen LogP contribution in [-0.4, -0.2) is 39.4 Å². The number of nitrogens with one attached hydrogen (secondary N) is 1. The van der Waals surface area contributed by atoms with Crippen LogP contribution in [0.25, 0.3) is 0 Å². The molecule has 2 unspecified atom stereocenters. The molecule has 3 rings (SSSR count). The molecule has 1 aliphatic heterocycles. The molecule has 1 saturated heterocycles. The number of hydrogen-bond donors (Lipinski definition) is 1. The second-order valence-electron chi connectivity index (χ2n) is 6.23. The second kappa shape index (κ2) is 9.42. The molecule has 0 amide bonds. The second-order valence-corrected chi connectivity index (χ2v) is 7.04. The monoisotopic (exact) mass is 409 g/mol. The molecule has 0 aliphatic carbocycles. The Morgan fingerprint density at radius 2 is 2.04 bits per heavy atom. The van der Waals surface area contributed by atoms with Crippen LogP contribution in [0.15, 0.2) is 42.5 Å². The standard InChI is InChI=1S/C20H21Cl2NO4/c1-25-20(24)15-4-2-3-5-18(15)27-12-14-11-23-8-9-26-19(14)13-6-7-16(21)17(22)10-13/h2-7,10,14,19,23H,8-9,11-12H2,1H3. The van der Waals surface area contributed by atoms with Crippen LogP contribution < -0.4 is 10.1 Å². The highest BCUT2D eigenvalue weighted by molar-refractivity contribution is 6.42. The Bertz CT molecular complexity index is 799. The van der Waals surface area contributed by atoms with Crippen LogP contribution in [0.1, 0.15) is 22.0 Å². The van der Waals surface area contributed by atoms with Gasteiger partial charge in [0.05, 0.1) is 36.5 Å². The van der Waals surface area contributed by atoms with Gasteiger partial charge in [-0.05, 0) is 29.8 Å². The average molecular weight is 410 g/mol. The Morgan fingerprint density at radius 1 is 1.22 bits per heavy atom. The lowest BCUT2D eigenvalue weighted by atomic mass is 9.96. The lowest BCUT2D eigenvalue weighted by Crippen LogP contribution is -2.29. The molecule has 2 aromatic rings. The molecule has 27 heavy (non-hydrogen) atoms. The van der Waals surface area contributed by atoms with E-state index < -0.39 is 5.97 Å². The maximum absolute atomic E-state index is 11.9. The number of benzene rings is 2. The van der Waals surface area contributed by atoms with Crippen molar-refractivity contribution in [1.82, 2.24) is 5.32 Å². The Morgan fingerprint density at radius 3 is 2.81 bits per heavy atom. The Hall–Kier alpha value is -1.79. The summed E-state index contributed by atoms with van der Waals surface area (Å²) in [7, 11) is 1.35. The maximum atomic E-state index is 11.9. The lowest BCUT2D eigenvalue weighted by molar-refractivity contribution is 0.0151. The number of para-hydroxylation sites is 1. The summed E-state index contributed by atoms with van der Waals surface area (Å²) >= 11 is 12.2. The van der Waals surface area contributed by atoms with Crippen molar-refractivity contribution in [2.45, 2.75) is 6.10 Å². The number of carbonyl (C=O) groups is 1. The third kappa shape index (κ3) is 4.93. The number of ether oxygens (including phenoxy) is 3. The molecule has 0 aromatic heterocycles. The van der Waals surface area contributed by atoms with Gasteiger partial charge in [0.2, 0.25) is 0 Å². The first-order valence-electron chi connectivity index (χ1n) is 8.67. The number of methoxy groups -OCH3 is 1. The van der Waals surface area contributed by atoms with E-state index in [1.807, 2.05) is 18.2 Å². The molecule has 2 aromatic carbocycles. The van der Waals surface area contributed by atoms with Crippen molar-refractivity contribution in [3.63, 3.8) is 0 Å². The summed E-state index contributed by atoms with van der Waals surface area (Å²) in [4.78, 5) is 11.9. The third-order valence-corrected chi connectivity index (χ3v) is 5.17. The van der Waals surface area contributed by atoms with Gasteiger partial charge in [0.1, 0.15) is 11.3 Å². The van der Waals surface area contributed by atoms with Gasteiger partial charge >= 0.3 is 5.97 Å². The molecule has 1 fully saturated rings. The number of hydrogen-bond acceptors (Lipinski definition) is 5. The topological polar surface area (TPSA) is 56.8 Å². The molecule has 2 atom stereocenters. The Labute approximate surface area is 168 Å². The summed E-state index contributed by atoms with van der Waals surface area (Å²) in [6.07, 6.45) is -0.194. The maximum Gasteiger partial charge on any atom is 0.341 e. The van der Waals surface area contributed by atoms with Crippen LogP contribution in [-0.2, 0) is 9.47 Å². The molecule has 0 radical (unpaired) electrons. The highest BCUT2D eigenvalue weighted by Gasteiger charge is 2.28. The van der Waals surface area contributed by atoms with Crippen molar-refractivity contribution in [3.05, 3.63) is 63.6 Å². The normalized spacial score (nSPS) is 20.0. The Balaban J connectivity index is 1.79. The number of halogens is 2. The molecule has 7 heteroatoms. The predicted molar refractivity (Wildman–Crippen MR) is 105 cm³/mol. The van der Waals surface area contributed by atoms with Crippen LogP contribution in [0.2, 0.25) is 10.0 Å². The largest absolute Gasteiger partial charge is 0.492 e. The molecule has 0 spiro atoms. The van der Waals surface area contributed by atoms with E-state index in [4.69, 9.17) is 37.4 Å². The zero-order chi connectivity index (χ0) is 19.2. The van der Waals surface area contributed by atoms with E-state index in [1.165, 1.54) is 7.11 Å².